The van der Waals surface area contributed by atoms with E-state index in [0.717, 1.165) is 10.6 Å². The number of carbonyl (C=O) groups excluding carboxylic acids is 1. The molecule has 1 aromatic carbocycles. The van der Waals surface area contributed by atoms with Crippen molar-refractivity contribution in [1.29, 1.82) is 0 Å². The van der Waals surface area contributed by atoms with Crippen molar-refractivity contribution in [2.45, 2.75) is 13.5 Å². The number of hydrogen-bond acceptors (Lipinski definition) is 5. The predicted molar refractivity (Wildman–Crippen MR) is 93.9 cm³/mol. The Morgan fingerprint density at radius 3 is 2.83 bits per heavy atom. The van der Waals surface area contributed by atoms with Crippen molar-refractivity contribution in [1.82, 2.24) is 14.8 Å². The van der Waals surface area contributed by atoms with Gasteiger partial charge in [-0.1, -0.05) is 35.1 Å². The summed E-state index contributed by atoms with van der Waals surface area (Å²) in [7, 11) is 0. The van der Waals surface area contributed by atoms with Gasteiger partial charge in [0, 0.05) is 11.2 Å². The van der Waals surface area contributed by atoms with Crippen LogP contribution in [-0.2, 0) is 6.54 Å². The number of carbonyl (C=O) groups is 1. The minimum atomic E-state index is -0.503. The number of rotatable bonds is 4. The van der Waals surface area contributed by atoms with Crippen LogP contribution in [0, 0.1) is 6.92 Å². The summed E-state index contributed by atoms with van der Waals surface area (Å²) in [6.07, 6.45) is 1.63. The molecule has 3 aromatic rings. The number of pyridine rings is 1. The first-order valence-electron chi connectivity index (χ1n) is 7.08. The highest BCUT2D eigenvalue weighted by Gasteiger charge is 2.14. The van der Waals surface area contributed by atoms with Crippen molar-refractivity contribution in [2.24, 2.45) is 0 Å². The molecular formula is C16H13ClN4O2S. The molecule has 0 aliphatic carbocycles. The Hall–Kier alpha value is -2.51. The van der Waals surface area contributed by atoms with Gasteiger partial charge in [0.2, 0.25) is 5.13 Å². The van der Waals surface area contributed by atoms with Crippen molar-refractivity contribution in [3.8, 4) is 0 Å². The number of nitrogens with zero attached hydrogens (tertiary/aromatic N) is 3. The summed E-state index contributed by atoms with van der Waals surface area (Å²) in [6.45, 7) is 2.12. The molecule has 8 heteroatoms. The second kappa shape index (κ2) is 6.94. The third-order valence-electron chi connectivity index (χ3n) is 3.25. The summed E-state index contributed by atoms with van der Waals surface area (Å²) < 4.78 is 1.46. The molecule has 1 amide bonds. The highest BCUT2D eigenvalue weighted by atomic mass is 35.5. The minimum Gasteiger partial charge on any atom is -0.310 e. The van der Waals surface area contributed by atoms with Gasteiger partial charge in [0.25, 0.3) is 11.5 Å². The zero-order chi connectivity index (χ0) is 17.1. The highest BCUT2D eigenvalue weighted by molar-refractivity contribution is 7.15. The van der Waals surface area contributed by atoms with Crippen LogP contribution in [0.4, 0.5) is 5.13 Å². The lowest BCUT2D eigenvalue weighted by Gasteiger charge is -2.08. The average molecular weight is 361 g/mol. The van der Waals surface area contributed by atoms with Gasteiger partial charge >= 0.3 is 0 Å². The van der Waals surface area contributed by atoms with E-state index in [-0.39, 0.29) is 11.1 Å². The van der Waals surface area contributed by atoms with Crippen LogP contribution < -0.4 is 10.9 Å². The van der Waals surface area contributed by atoms with Gasteiger partial charge in [-0.05, 0) is 36.8 Å². The molecule has 122 valence electrons. The maximum atomic E-state index is 12.5. The Balaban J connectivity index is 1.85. The fourth-order valence-corrected chi connectivity index (χ4v) is 2.98. The molecule has 3 rings (SSSR count). The van der Waals surface area contributed by atoms with E-state index in [4.69, 9.17) is 11.6 Å². The highest BCUT2D eigenvalue weighted by Crippen LogP contribution is 2.14. The molecule has 0 atom stereocenters. The second-order valence-corrected chi connectivity index (χ2v) is 6.68. The number of aryl methyl sites for hydroxylation is 1. The Morgan fingerprint density at radius 2 is 2.12 bits per heavy atom. The van der Waals surface area contributed by atoms with Crippen LogP contribution in [0.25, 0.3) is 0 Å². The standard InChI is InChI=1S/C16H13ClN4O2S/c1-10-19-20-16(24-10)18-14(22)13-6-3-7-21(15(13)23)9-11-4-2-5-12(17)8-11/h2-8H,9H2,1H3,(H,18,20,22). The normalized spacial score (nSPS) is 10.6. The second-order valence-electron chi connectivity index (χ2n) is 5.07. The van der Waals surface area contributed by atoms with Crippen LogP contribution >= 0.6 is 22.9 Å². The van der Waals surface area contributed by atoms with Crippen LogP contribution in [0.15, 0.2) is 47.4 Å². The fourth-order valence-electron chi connectivity index (χ4n) is 2.18. The molecule has 2 heterocycles. The van der Waals surface area contributed by atoms with Crippen LogP contribution in [0.3, 0.4) is 0 Å². The Bertz CT molecular complexity index is 951. The van der Waals surface area contributed by atoms with E-state index in [0.29, 0.717) is 16.7 Å². The molecule has 0 bridgehead atoms. The summed E-state index contributed by atoms with van der Waals surface area (Å²) >= 11 is 7.21. The quantitative estimate of drug-likeness (QED) is 0.776. The molecule has 0 fully saturated rings. The van der Waals surface area contributed by atoms with Crippen molar-refractivity contribution < 1.29 is 4.79 Å². The van der Waals surface area contributed by atoms with Gasteiger partial charge < -0.3 is 4.57 Å². The van der Waals surface area contributed by atoms with Crippen LogP contribution in [0.5, 0.6) is 0 Å². The summed E-state index contributed by atoms with van der Waals surface area (Å²) in [5.74, 6) is -0.503. The molecule has 0 saturated carbocycles. The molecule has 24 heavy (non-hydrogen) atoms. The molecule has 0 spiro atoms. The molecule has 0 unspecified atom stereocenters. The van der Waals surface area contributed by atoms with Crippen molar-refractivity contribution >= 4 is 34.0 Å². The molecule has 0 aliphatic heterocycles. The van der Waals surface area contributed by atoms with Crippen molar-refractivity contribution in [3.05, 3.63) is 74.1 Å². The van der Waals surface area contributed by atoms with Crippen molar-refractivity contribution in [3.63, 3.8) is 0 Å². The summed E-state index contributed by atoms with van der Waals surface area (Å²) in [5, 5.41) is 11.9. The van der Waals surface area contributed by atoms with E-state index in [2.05, 4.69) is 15.5 Å². The molecular weight excluding hydrogens is 348 g/mol. The third-order valence-corrected chi connectivity index (χ3v) is 4.24. The SMILES string of the molecule is Cc1nnc(NC(=O)c2cccn(Cc3cccc(Cl)c3)c2=O)s1. The van der Waals surface area contributed by atoms with E-state index < -0.39 is 5.91 Å². The van der Waals surface area contributed by atoms with E-state index in [1.165, 1.54) is 22.0 Å². The Kier molecular flexibility index (Phi) is 4.73. The van der Waals surface area contributed by atoms with Gasteiger partial charge in [-0.2, -0.15) is 0 Å². The Labute approximate surface area is 146 Å². The van der Waals surface area contributed by atoms with Crippen LogP contribution in [0.2, 0.25) is 5.02 Å². The number of anilines is 1. The molecule has 0 radical (unpaired) electrons. The van der Waals surface area contributed by atoms with Gasteiger partial charge in [-0.15, -0.1) is 10.2 Å². The number of halogens is 1. The minimum absolute atomic E-state index is 0.0485. The first-order chi connectivity index (χ1) is 11.5. The summed E-state index contributed by atoms with van der Waals surface area (Å²) in [5.41, 5.74) is 0.547. The van der Waals surface area contributed by atoms with E-state index >= 15 is 0 Å². The lowest BCUT2D eigenvalue weighted by molar-refractivity contribution is 0.102. The fraction of sp³-hybridized carbons (Fsp3) is 0.125. The molecule has 0 aliphatic rings. The zero-order valence-electron chi connectivity index (χ0n) is 12.7. The number of amides is 1. The summed E-state index contributed by atoms with van der Waals surface area (Å²) in [6, 6.07) is 10.4. The number of hydrogen-bond donors (Lipinski definition) is 1. The largest absolute Gasteiger partial charge is 0.310 e. The van der Waals surface area contributed by atoms with Crippen molar-refractivity contribution in [2.75, 3.05) is 5.32 Å². The van der Waals surface area contributed by atoms with Gasteiger partial charge in [0.15, 0.2) is 0 Å². The van der Waals surface area contributed by atoms with Crippen LogP contribution in [-0.4, -0.2) is 20.7 Å². The Morgan fingerprint density at radius 1 is 1.29 bits per heavy atom. The summed E-state index contributed by atoms with van der Waals surface area (Å²) in [4.78, 5) is 24.8. The third kappa shape index (κ3) is 3.69. The van der Waals surface area contributed by atoms with Gasteiger partial charge in [0.05, 0.1) is 6.54 Å². The maximum absolute atomic E-state index is 12.5. The number of benzene rings is 1. The van der Waals surface area contributed by atoms with Gasteiger partial charge in [0.1, 0.15) is 10.6 Å². The molecule has 2 aromatic heterocycles. The van der Waals surface area contributed by atoms with E-state index in [1.54, 1.807) is 31.3 Å². The smallest absolute Gasteiger partial charge is 0.263 e. The lowest BCUT2D eigenvalue weighted by atomic mass is 10.2. The molecule has 1 N–H and O–H groups in total. The topological polar surface area (TPSA) is 76.9 Å². The number of aromatic nitrogens is 3. The molecule has 6 nitrogen and oxygen atoms in total. The monoisotopic (exact) mass is 360 g/mol. The first-order valence-corrected chi connectivity index (χ1v) is 8.28. The molecule has 0 saturated heterocycles. The van der Waals surface area contributed by atoms with E-state index in [9.17, 15) is 9.59 Å². The number of nitrogens with one attached hydrogen (secondary N) is 1. The lowest BCUT2D eigenvalue weighted by Crippen LogP contribution is -2.29. The first kappa shape index (κ1) is 16.4. The zero-order valence-corrected chi connectivity index (χ0v) is 14.3. The average Bonchev–Trinajstić information content (AvgIpc) is 2.94. The van der Waals surface area contributed by atoms with Gasteiger partial charge in [-0.25, -0.2) is 0 Å². The van der Waals surface area contributed by atoms with Gasteiger partial charge in [-0.3, -0.25) is 14.9 Å². The van der Waals surface area contributed by atoms with Crippen LogP contribution in [0.1, 0.15) is 20.9 Å². The van der Waals surface area contributed by atoms with E-state index in [1.807, 2.05) is 12.1 Å². The maximum Gasteiger partial charge on any atom is 0.263 e. The predicted octanol–water partition coefficient (Wildman–Crippen LogP) is 2.96.